The van der Waals surface area contributed by atoms with E-state index in [-0.39, 0.29) is 18.5 Å². The fraction of sp³-hybridized carbons (Fsp3) is 0.176. The number of pyridine rings is 1. The van der Waals surface area contributed by atoms with Gasteiger partial charge in [-0.2, -0.15) is 18.3 Å². The second-order valence-corrected chi connectivity index (χ2v) is 6.28. The van der Waals surface area contributed by atoms with Crippen molar-refractivity contribution in [2.75, 3.05) is 0 Å². The van der Waals surface area contributed by atoms with E-state index in [4.69, 9.17) is 4.74 Å². The Hall–Kier alpha value is -2.52. The molecule has 0 unspecified atom stereocenters. The first-order valence-electron chi connectivity index (χ1n) is 7.64. The van der Waals surface area contributed by atoms with Crippen molar-refractivity contribution in [3.63, 3.8) is 0 Å². The van der Waals surface area contributed by atoms with Gasteiger partial charge in [-0.1, -0.05) is 24.3 Å². The van der Waals surface area contributed by atoms with Crippen molar-refractivity contribution < 1.29 is 17.9 Å². The van der Waals surface area contributed by atoms with Crippen LogP contribution in [0.5, 0.6) is 5.75 Å². The summed E-state index contributed by atoms with van der Waals surface area (Å²) in [7, 11) is 0. The Bertz CT molecular complexity index is 823. The molecule has 0 spiro atoms. The number of rotatable bonds is 7. The number of ether oxygens (including phenoxy) is 1. The van der Waals surface area contributed by atoms with E-state index < -0.39 is 5.51 Å². The van der Waals surface area contributed by atoms with Gasteiger partial charge in [0.15, 0.2) is 0 Å². The van der Waals surface area contributed by atoms with Crippen LogP contribution >= 0.6 is 11.9 Å². The highest BCUT2D eigenvalue weighted by molar-refractivity contribution is 7.98. The Morgan fingerprint density at radius 3 is 2.65 bits per heavy atom. The van der Waals surface area contributed by atoms with Gasteiger partial charge in [-0.15, -0.1) is 0 Å². The van der Waals surface area contributed by atoms with Gasteiger partial charge in [0, 0.05) is 24.7 Å². The van der Waals surface area contributed by atoms with Gasteiger partial charge in [-0.25, -0.2) is 0 Å². The van der Waals surface area contributed by atoms with Crippen molar-refractivity contribution in [2.45, 2.75) is 18.7 Å². The van der Waals surface area contributed by atoms with Crippen LogP contribution in [0.2, 0.25) is 0 Å². The summed E-state index contributed by atoms with van der Waals surface area (Å²) in [6, 6.07) is 12.6. The van der Waals surface area contributed by atoms with E-state index in [2.05, 4.69) is 19.9 Å². The average molecular weight is 380 g/mol. The van der Waals surface area contributed by atoms with Crippen LogP contribution in [-0.4, -0.2) is 20.7 Å². The fourth-order valence-corrected chi connectivity index (χ4v) is 2.62. The van der Waals surface area contributed by atoms with E-state index in [1.165, 1.54) is 0 Å². The molecular formula is C17H15F3N4OS. The predicted octanol–water partition coefficient (Wildman–Crippen LogP) is 4.31. The summed E-state index contributed by atoms with van der Waals surface area (Å²) in [5, 5.41) is 6.71. The number of nitrogens with zero attached hydrogens (tertiary/aromatic N) is 2. The molecule has 3 rings (SSSR count). The molecule has 0 saturated carbocycles. The summed E-state index contributed by atoms with van der Waals surface area (Å²) in [6.07, 6.45) is 3.26. The van der Waals surface area contributed by atoms with Crippen LogP contribution in [0.1, 0.15) is 11.1 Å². The highest BCUT2D eigenvalue weighted by Crippen LogP contribution is 2.27. The number of aromatic nitrogens is 3. The number of alkyl halides is 3. The van der Waals surface area contributed by atoms with Crippen LogP contribution in [-0.2, 0) is 13.2 Å². The van der Waals surface area contributed by atoms with Gasteiger partial charge in [-0.3, -0.25) is 14.8 Å². The lowest BCUT2D eigenvalue weighted by Gasteiger charge is -2.09. The molecular weight excluding hydrogens is 365 g/mol. The van der Waals surface area contributed by atoms with E-state index in [0.29, 0.717) is 12.4 Å². The van der Waals surface area contributed by atoms with E-state index >= 15 is 0 Å². The Morgan fingerprint density at radius 2 is 1.96 bits per heavy atom. The van der Waals surface area contributed by atoms with Gasteiger partial charge >= 0.3 is 5.51 Å². The van der Waals surface area contributed by atoms with Crippen LogP contribution in [0.3, 0.4) is 0 Å². The first-order valence-corrected chi connectivity index (χ1v) is 8.45. The van der Waals surface area contributed by atoms with Gasteiger partial charge in [-0.05, 0) is 29.3 Å². The molecule has 0 aliphatic rings. The SMILES string of the molecule is FC(F)(F)SNCc1cccc(COc2ccc(-c3ccn[nH]3)nc2)c1. The molecule has 0 radical (unpaired) electrons. The van der Waals surface area contributed by atoms with Crippen molar-refractivity contribution >= 4 is 11.9 Å². The number of H-pyrrole nitrogens is 1. The van der Waals surface area contributed by atoms with Crippen LogP contribution in [0.25, 0.3) is 11.4 Å². The summed E-state index contributed by atoms with van der Waals surface area (Å²) in [6.45, 7) is 0.407. The normalized spacial score (nSPS) is 11.5. The van der Waals surface area contributed by atoms with Crippen LogP contribution < -0.4 is 9.46 Å². The minimum Gasteiger partial charge on any atom is -0.487 e. The topological polar surface area (TPSA) is 62.8 Å². The highest BCUT2D eigenvalue weighted by atomic mass is 32.2. The Morgan fingerprint density at radius 1 is 1.12 bits per heavy atom. The number of hydrogen-bond acceptors (Lipinski definition) is 5. The monoisotopic (exact) mass is 380 g/mol. The average Bonchev–Trinajstić information content (AvgIpc) is 3.14. The van der Waals surface area contributed by atoms with E-state index in [9.17, 15) is 13.2 Å². The van der Waals surface area contributed by atoms with Gasteiger partial charge in [0.05, 0.1) is 17.6 Å². The third-order valence-electron chi connectivity index (χ3n) is 3.37. The quantitative estimate of drug-likeness (QED) is 0.598. The first-order chi connectivity index (χ1) is 12.5. The number of aromatic amines is 1. The number of benzene rings is 1. The Labute approximate surface area is 152 Å². The third kappa shape index (κ3) is 5.50. The van der Waals surface area contributed by atoms with Crippen LogP contribution in [0.4, 0.5) is 13.2 Å². The molecule has 26 heavy (non-hydrogen) atoms. The van der Waals surface area contributed by atoms with E-state index in [1.807, 2.05) is 18.2 Å². The smallest absolute Gasteiger partial charge is 0.456 e. The van der Waals surface area contributed by atoms with Crippen molar-refractivity contribution in [3.8, 4) is 17.1 Å². The zero-order chi connectivity index (χ0) is 18.4. The van der Waals surface area contributed by atoms with E-state index in [1.54, 1.807) is 36.7 Å². The van der Waals surface area contributed by atoms with Crippen molar-refractivity contribution in [1.29, 1.82) is 0 Å². The van der Waals surface area contributed by atoms with Gasteiger partial charge in [0.25, 0.3) is 0 Å². The summed E-state index contributed by atoms with van der Waals surface area (Å²) in [5.41, 5.74) is -1.12. The molecule has 0 saturated heterocycles. The molecule has 0 fully saturated rings. The summed E-state index contributed by atoms with van der Waals surface area (Å²) < 4.78 is 44.4. The molecule has 136 valence electrons. The van der Waals surface area contributed by atoms with Crippen LogP contribution in [0, 0.1) is 0 Å². The van der Waals surface area contributed by atoms with Gasteiger partial charge < -0.3 is 4.74 Å². The van der Waals surface area contributed by atoms with Gasteiger partial charge in [0.2, 0.25) is 0 Å². The minimum atomic E-state index is -4.30. The lowest BCUT2D eigenvalue weighted by molar-refractivity contribution is -0.0336. The molecule has 9 heteroatoms. The molecule has 2 aromatic heterocycles. The molecule has 0 atom stereocenters. The molecule has 0 amide bonds. The molecule has 0 aliphatic carbocycles. The molecule has 3 aromatic rings. The highest BCUT2D eigenvalue weighted by Gasteiger charge is 2.28. The minimum absolute atomic E-state index is 0.110. The summed E-state index contributed by atoms with van der Waals surface area (Å²) in [5.74, 6) is 0.601. The summed E-state index contributed by atoms with van der Waals surface area (Å²) in [4.78, 5) is 4.30. The first kappa shape index (κ1) is 18.3. The lowest BCUT2D eigenvalue weighted by atomic mass is 10.1. The summed E-state index contributed by atoms with van der Waals surface area (Å²) >= 11 is -0.252. The standard InChI is InChI=1S/C17H15F3N4OS/c18-17(19,20)26-23-9-12-2-1-3-13(8-12)11-25-14-4-5-15(21-10-14)16-6-7-22-24-16/h1-8,10,23H,9,11H2,(H,22,24). The van der Waals surface area contributed by atoms with Crippen molar-refractivity contribution in [1.82, 2.24) is 19.9 Å². The molecule has 2 N–H and O–H groups in total. The zero-order valence-electron chi connectivity index (χ0n) is 13.5. The fourth-order valence-electron chi connectivity index (χ4n) is 2.22. The maximum absolute atomic E-state index is 12.1. The molecule has 0 bridgehead atoms. The second-order valence-electron chi connectivity index (χ2n) is 5.33. The van der Waals surface area contributed by atoms with Crippen molar-refractivity contribution in [3.05, 3.63) is 66.0 Å². The maximum atomic E-state index is 12.1. The third-order valence-corrected chi connectivity index (χ3v) is 3.89. The lowest BCUT2D eigenvalue weighted by Crippen LogP contribution is -2.12. The zero-order valence-corrected chi connectivity index (χ0v) is 14.3. The number of nitrogens with one attached hydrogen (secondary N) is 2. The molecule has 1 aromatic carbocycles. The van der Waals surface area contributed by atoms with Crippen molar-refractivity contribution in [2.24, 2.45) is 0 Å². The van der Waals surface area contributed by atoms with Gasteiger partial charge in [0.1, 0.15) is 12.4 Å². The molecule has 2 heterocycles. The van der Waals surface area contributed by atoms with E-state index in [0.717, 1.165) is 22.5 Å². The largest absolute Gasteiger partial charge is 0.487 e. The Balaban J connectivity index is 1.53. The van der Waals surface area contributed by atoms with Crippen LogP contribution in [0.15, 0.2) is 54.9 Å². The molecule has 0 aliphatic heterocycles. The number of hydrogen-bond donors (Lipinski definition) is 2. The molecule has 5 nitrogen and oxygen atoms in total. The maximum Gasteiger partial charge on any atom is 0.456 e. The second kappa shape index (κ2) is 8.24. The number of halogens is 3. The predicted molar refractivity (Wildman–Crippen MR) is 93.1 cm³/mol. The Kier molecular flexibility index (Phi) is 5.79.